The minimum Gasteiger partial charge on any atom is -0.507 e. The maximum atomic E-state index is 12.8. The molecular weight excluding hydrogens is 241 g/mol. The summed E-state index contributed by atoms with van der Waals surface area (Å²) >= 11 is 0. The highest BCUT2D eigenvalue weighted by atomic mass is 19.1. The number of phenols is 1. The second kappa shape index (κ2) is 6.32. The first kappa shape index (κ1) is 14.4. The molecule has 6 heteroatoms. The summed E-state index contributed by atoms with van der Waals surface area (Å²) in [4.78, 5) is 13.1. The van der Waals surface area contributed by atoms with Crippen LogP contribution in [0.25, 0.3) is 0 Å². The molecule has 0 aliphatic heterocycles. The molecule has 2 N–H and O–H groups in total. The van der Waals surface area contributed by atoms with Gasteiger partial charge in [-0.1, -0.05) is 0 Å². The molecule has 0 aliphatic rings. The molecule has 0 aliphatic carbocycles. The normalized spacial score (nSPS) is 12.2. The van der Waals surface area contributed by atoms with Crippen molar-refractivity contribution in [2.24, 2.45) is 0 Å². The number of hydrogen-bond donors (Lipinski definition) is 2. The fourth-order valence-electron chi connectivity index (χ4n) is 1.54. The zero-order valence-corrected chi connectivity index (χ0v) is 10.3. The molecule has 100 valence electrons. The number of nitrogens with zero attached hydrogens (tertiary/aromatic N) is 1. The SMILES string of the molecule is COCC(O)CN(C)C(=O)c1ccc(F)cc1O. The van der Waals surface area contributed by atoms with E-state index in [1.165, 1.54) is 25.1 Å². The number of hydrogen-bond acceptors (Lipinski definition) is 4. The summed E-state index contributed by atoms with van der Waals surface area (Å²) in [7, 11) is 2.92. The Morgan fingerprint density at radius 3 is 2.78 bits per heavy atom. The van der Waals surface area contributed by atoms with Gasteiger partial charge in [0.1, 0.15) is 11.6 Å². The molecule has 0 radical (unpaired) electrons. The lowest BCUT2D eigenvalue weighted by molar-refractivity contribution is 0.0379. The molecule has 1 aromatic carbocycles. The minimum atomic E-state index is -0.813. The minimum absolute atomic E-state index is 0.0106. The van der Waals surface area contributed by atoms with Gasteiger partial charge in [-0.3, -0.25) is 4.79 Å². The monoisotopic (exact) mass is 257 g/mol. The first-order valence-electron chi connectivity index (χ1n) is 5.36. The Labute approximate surface area is 104 Å². The summed E-state index contributed by atoms with van der Waals surface area (Å²) in [5, 5.41) is 19.0. The Balaban J connectivity index is 2.74. The molecule has 0 bridgehead atoms. The van der Waals surface area contributed by atoms with Crippen molar-refractivity contribution in [2.45, 2.75) is 6.10 Å². The molecule has 0 fully saturated rings. The van der Waals surface area contributed by atoms with Crippen molar-refractivity contribution in [3.63, 3.8) is 0 Å². The topological polar surface area (TPSA) is 70.0 Å². The number of phenolic OH excluding ortho intramolecular Hbond substituents is 1. The van der Waals surface area contributed by atoms with Crippen LogP contribution in [-0.4, -0.2) is 54.4 Å². The number of rotatable bonds is 5. The van der Waals surface area contributed by atoms with Gasteiger partial charge in [-0.2, -0.15) is 0 Å². The number of benzene rings is 1. The van der Waals surface area contributed by atoms with Gasteiger partial charge in [0.05, 0.1) is 18.3 Å². The summed E-state index contributed by atoms with van der Waals surface area (Å²) in [6.07, 6.45) is -0.813. The maximum absolute atomic E-state index is 12.8. The molecule has 0 aromatic heterocycles. The van der Waals surface area contributed by atoms with Gasteiger partial charge in [0.15, 0.2) is 0 Å². The smallest absolute Gasteiger partial charge is 0.257 e. The van der Waals surface area contributed by atoms with Gasteiger partial charge in [-0.05, 0) is 12.1 Å². The summed E-state index contributed by atoms with van der Waals surface area (Å²) in [6, 6.07) is 3.16. The fraction of sp³-hybridized carbons (Fsp3) is 0.417. The van der Waals surface area contributed by atoms with Crippen LogP contribution in [0.3, 0.4) is 0 Å². The molecule has 1 atom stereocenters. The number of aliphatic hydroxyl groups is 1. The number of ether oxygens (including phenoxy) is 1. The first-order chi connectivity index (χ1) is 8.45. The van der Waals surface area contributed by atoms with E-state index in [9.17, 15) is 19.4 Å². The van der Waals surface area contributed by atoms with Crippen LogP contribution in [0, 0.1) is 5.82 Å². The summed E-state index contributed by atoms with van der Waals surface area (Å²) in [5.74, 6) is -1.54. The lowest BCUT2D eigenvalue weighted by Gasteiger charge is -2.20. The Morgan fingerprint density at radius 2 is 2.22 bits per heavy atom. The van der Waals surface area contributed by atoms with E-state index in [2.05, 4.69) is 0 Å². The third kappa shape index (κ3) is 3.68. The zero-order valence-electron chi connectivity index (χ0n) is 10.3. The largest absolute Gasteiger partial charge is 0.507 e. The molecule has 5 nitrogen and oxygen atoms in total. The standard InChI is InChI=1S/C12H16FNO4/c1-14(6-9(15)7-18-2)12(17)10-4-3-8(13)5-11(10)16/h3-5,9,15-16H,6-7H2,1-2H3. The van der Waals surface area contributed by atoms with Crippen LogP contribution in [0.2, 0.25) is 0 Å². The highest BCUT2D eigenvalue weighted by Gasteiger charge is 2.18. The molecule has 1 rings (SSSR count). The van der Waals surface area contributed by atoms with Crippen LogP contribution in [0.15, 0.2) is 18.2 Å². The van der Waals surface area contributed by atoms with Gasteiger partial charge in [0.2, 0.25) is 0 Å². The fourth-order valence-corrected chi connectivity index (χ4v) is 1.54. The zero-order chi connectivity index (χ0) is 13.7. The Bertz CT molecular complexity index is 425. The van der Waals surface area contributed by atoms with E-state index in [0.29, 0.717) is 0 Å². The molecule has 1 aromatic rings. The average Bonchev–Trinajstić information content (AvgIpc) is 2.28. The summed E-state index contributed by atoms with van der Waals surface area (Å²) < 4.78 is 17.5. The van der Waals surface area contributed by atoms with Crippen LogP contribution in [-0.2, 0) is 4.74 Å². The van der Waals surface area contributed by atoms with Gasteiger partial charge in [0.25, 0.3) is 5.91 Å². The van der Waals surface area contributed by atoms with Crippen LogP contribution in [0.1, 0.15) is 10.4 Å². The molecule has 0 saturated heterocycles. The Morgan fingerprint density at radius 1 is 1.56 bits per heavy atom. The van der Waals surface area contributed by atoms with Crippen molar-refractivity contribution >= 4 is 5.91 Å². The van der Waals surface area contributed by atoms with Crippen molar-refractivity contribution in [3.8, 4) is 5.75 Å². The van der Waals surface area contributed by atoms with E-state index in [-0.39, 0.29) is 18.7 Å². The van der Waals surface area contributed by atoms with E-state index in [4.69, 9.17) is 4.74 Å². The average molecular weight is 257 g/mol. The Hall–Kier alpha value is -1.66. The van der Waals surface area contributed by atoms with Crippen LogP contribution in [0.5, 0.6) is 5.75 Å². The molecule has 1 amide bonds. The maximum Gasteiger partial charge on any atom is 0.257 e. The number of likely N-dealkylation sites (N-methyl/N-ethyl adjacent to an activating group) is 1. The highest BCUT2D eigenvalue weighted by molar-refractivity contribution is 5.96. The number of halogens is 1. The quantitative estimate of drug-likeness (QED) is 0.811. The molecule has 0 heterocycles. The second-order valence-corrected chi connectivity index (χ2v) is 3.96. The van der Waals surface area contributed by atoms with Crippen molar-refractivity contribution in [2.75, 3.05) is 27.3 Å². The number of aliphatic hydroxyl groups excluding tert-OH is 1. The number of aromatic hydroxyl groups is 1. The Kier molecular flexibility index (Phi) is 5.06. The lowest BCUT2D eigenvalue weighted by Crippen LogP contribution is -2.36. The highest BCUT2D eigenvalue weighted by Crippen LogP contribution is 2.19. The van der Waals surface area contributed by atoms with Gasteiger partial charge in [-0.15, -0.1) is 0 Å². The molecule has 18 heavy (non-hydrogen) atoms. The molecule has 0 spiro atoms. The second-order valence-electron chi connectivity index (χ2n) is 3.96. The van der Waals surface area contributed by atoms with E-state index < -0.39 is 23.6 Å². The van der Waals surface area contributed by atoms with Gasteiger partial charge >= 0.3 is 0 Å². The summed E-state index contributed by atoms with van der Waals surface area (Å²) in [5.41, 5.74) is -0.0106. The first-order valence-corrected chi connectivity index (χ1v) is 5.36. The number of methoxy groups -OCH3 is 1. The van der Waals surface area contributed by atoms with Crippen molar-refractivity contribution < 1.29 is 24.1 Å². The van der Waals surface area contributed by atoms with Crippen LogP contribution in [0.4, 0.5) is 4.39 Å². The van der Waals surface area contributed by atoms with Crippen molar-refractivity contribution in [1.82, 2.24) is 4.90 Å². The van der Waals surface area contributed by atoms with Gasteiger partial charge < -0.3 is 19.8 Å². The van der Waals surface area contributed by atoms with Crippen LogP contribution < -0.4 is 0 Å². The van der Waals surface area contributed by atoms with Crippen molar-refractivity contribution in [1.29, 1.82) is 0 Å². The van der Waals surface area contributed by atoms with E-state index in [0.717, 1.165) is 12.1 Å². The summed E-state index contributed by atoms with van der Waals surface area (Å²) in [6.45, 7) is 0.163. The lowest BCUT2D eigenvalue weighted by atomic mass is 10.1. The third-order valence-corrected chi connectivity index (χ3v) is 2.38. The molecule has 0 saturated carbocycles. The number of carbonyl (C=O) groups is 1. The van der Waals surface area contributed by atoms with Crippen molar-refractivity contribution in [3.05, 3.63) is 29.6 Å². The van der Waals surface area contributed by atoms with Gasteiger partial charge in [0, 0.05) is 26.8 Å². The number of carbonyl (C=O) groups excluding carboxylic acids is 1. The number of amides is 1. The van der Waals surface area contributed by atoms with E-state index in [1.807, 2.05) is 0 Å². The van der Waals surface area contributed by atoms with Gasteiger partial charge in [-0.25, -0.2) is 4.39 Å². The predicted molar refractivity (Wildman–Crippen MR) is 62.9 cm³/mol. The van der Waals surface area contributed by atoms with E-state index in [1.54, 1.807) is 0 Å². The molecule has 1 unspecified atom stereocenters. The van der Waals surface area contributed by atoms with Crippen LogP contribution >= 0.6 is 0 Å². The third-order valence-electron chi connectivity index (χ3n) is 2.38. The van der Waals surface area contributed by atoms with E-state index >= 15 is 0 Å². The predicted octanol–water partition coefficient (Wildman–Crippen LogP) is 0.611. The molecular formula is C12H16FNO4.